The number of amides is 2. The number of hydrogen-bond acceptors (Lipinski definition) is 5. The largest absolute Gasteiger partial charge is 0.457 e. The molecular formula is C19H24ClN3O4. The fraction of sp³-hybridized carbons (Fsp3) is 0.263. The molecule has 2 aromatic carbocycles. The first-order chi connectivity index (χ1) is 12.6. The Hall–Kier alpha value is -2.61. The van der Waals surface area contributed by atoms with Gasteiger partial charge in [0.2, 0.25) is 11.8 Å². The molecule has 0 bridgehead atoms. The summed E-state index contributed by atoms with van der Waals surface area (Å²) in [5.74, 6) is 0.681. The van der Waals surface area contributed by atoms with Crippen LogP contribution in [0.5, 0.6) is 11.5 Å². The highest BCUT2D eigenvalue weighted by atomic mass is 35.5. The maximum atomic E-state index is 11.7. The van der Waals surface area contributed by atoms with Crippen molar-refractivity contribution < 1.29 is 19.1 Å². The number of carbonyl (C=O) groups is 2. The third kappa shape index (κ3) is 8.08. The Kier molecular flexibility index (Phi) is 9.89. The zero-order chi connectivity index (χ0) is 18.8. The van der Waals surface area contributed by atoms with Gasteiger partial charge in [-0.25, -0.2) is 0 Å². The maximum Gasteiger partial charge on any atom is 0.243 e. The first-order valence-electron chi connectivity index (χ1n) is 8.23. The molecule has 0 fully saturated rings. The predicted molar refractivity (Wildman–Crippen MR) is 106 cm³/mol. The predicted octanol–water partition coefficient (Wildman–Crippen LogP) is 2.10. The van der Waals surface area contributed by atoms with Crippen LogP contribution >= 0.6 is 12.4 Å². The molecule has 4 N–H and O–H groups in total. The minimum atomic E-state index is -0.378. The van der Waals surface area contributed by atoms with E-state index in [0.29, 0.717) is 18.0 Å². The Morgan fingerprint density at radius 1 is 0.963 bits per heavy atom. The van der Waals surface area contributed by atoms with E-state index in [9.17, 15) is 9.59 Å². The number of benzene rings is 2. The van der Waals surface area contributed by atoms with Crippen molar-refractivity contribution in [1.82, 2.24) is 5.32 Å². The zero-order valence-electron chi connectivity index (χ0n) is 15.1. The summed E-state index contributed by atoms with van der Waals surface area (Å²) in [6.45, 7) is 0.416. The number of anilines is 1. The molecule has 0 heterocycles. The molecule has 8 heteroatoms. The van der Waals surface area contributed by atoms with Gasteiger partial charge in [-0.2, -0.15) is 0 Å². The summed E-state index contributed by atoms with van der Waals surface area (Å²) in [5.41, 5.74) is 6.95. The van der Waals surface area contributed by atoms with Gasteiger partial charge in [0.25, 0.3) is 0 Å². The summed E-state index contributed by atoms with van der Waals surface area (Å²) in [5, 5.41) is 5.08. The van der Waals surface area contributed by atoms with Gasteiger partial charge in [-0.05, 0) is 48.4 Å². The van der Waals surface area contributed by atoms with Crippen LogP contribution in [0, 0.1) is 0 Å². The van der Waals surface area contributed by atoms with E-state index in [1.165, 1.54) is 5.56 Å². The first-order valence-corrected chi connectivity index (χ1v) is 8.23. The first kappa shape index (κ1) is 22.4. The van der Waals surface area contributed by atoms with Crippen molar-refractivity contribution in [2.75, 3.05) is 32.1 Å². The van der Waals surface area contributed by atoms with Crippen molar-refractivity contribution in [2.24, 2.45) is 5.73 Å². The van der Waals surface area contributed by atoms with Crippen LogP contribution < -0.4 is 21.1 Å². The number of rotatable bonds is 9. The van der Waals surface area contributed by atoms with Crippen molar-refractivity contribution in [3.8, 4) is 11.5 Å². The van der Waals surface area contributed by atoms with Crippen molar-refractivity contribution in [3.05, 3.63) is 54.1 Å². The Bertz CT molecular complexity index is 721. The van der Waals surface area contributed by atoms with Crippen LogP contribution in [-0.2, 0) is 20.7 Å². The van der Waals surface area contributed by atoms with Crippen molar-refractivity contribution in [3.63, 3.8) is 0 Å². The molecule has 0 aliphatic carbocycles. The van der Waals surface area contributed by atoms with Gasteiger partial charge in [0, 0.05) is 12.8 Å². The van der Waals surface area contributed by atoms with E-state index >= 15 is 0 Å². The number of nitrogens with two attached hydrogens (primary N) is 1. The second-order valence-corrected chi connectivity index (χ2v) is 5.54. The SMILES string of the molecule is COCCc1ccc(Oc2ccc(NC(=O)CNC(=O)CN)cc2)cc1.Cl. The summed E-state index contributed by atoms with van der Waals surface area (Å²) >= 11 is 0. The molecule has 0 aliphatic rings. The molecule has 146 valence electrons. The van der Waals surface area contributed by atoms with E-state index in [1.807, 2.05) is 24.3 Å². The number of methoxy groups -OCH3 is 1. The van der Waals surface area contributed by atoms with Crippen LogP contribution in [0.1, 0.15) is 5.56 Å². The average molecular weight is 394 g/mol. The summed E-state index contributed by atoms with van der Waals surface area (Å²) in [4.78, 5) is 22.7. The quantitative estimate of drug-likeness (QED) is 0.605. The highest BCUT2D eigenvalue weighted by molar-refractivity contribution is 5.94. The molecule has 2 aromatic rings. The van der Waals surface area contributed by atoms with E-state index in [1.54, 1.807) is 31.4 Å². The summed E-state index contributed by atoms with van der Waals surface area (Å²) in [6.07, 6.45) is 0.858. The Morgan fingerprint density at radius 3 is 2.11 bits per heavy atom. The summed E-state index contributed by atoms with van der Waals surface area (Å²) in [7, 11) is 1.68. The second-order valence-electron chi connectivity index (χ2n) is 5.54. The lowest BCUT2D eigenvalue weighted by atomic mass is 10.1. The number of hydrogen-bond donors (Lipinski definition) is 3. The fourth-order valence-electron chi connectivity index (χ4n) is 2.14. The van der Waals surface area contributed by atoms with E-state index in [-0.39, 0.29) is 37.3 Å². The molecule has 0 saturated heterocycles. The number of halogens is 1. The van der Waals surface area contributed by atoms with Gasteiger partial charge in [-0.1, -0.05) is 12.1 Å². The minimum absolute atomic E-state index is 0. The molecule has 0 spiro atoms. The van der Waals surface area contributed by atoms with E-state index in [0.717, 1.165) is 12.2 Å². The summed E-state index contributed by atoms with van der Waals surface area (Å²) < 4.78 is 10.8. The number of nitrogens with one attached hydrogen (secondary N) is 2. The molecular weight excluding hydrogens is 370 g/mol. The van der Waals surface area contributed by atoms with Gasteiger partial charge in [0.05, 0.1) is 19.7 Å². The van der Waals surface area contributed by atoms with E-state index in [4.69, 9.17) is 15.2 Å². The number of carbonyl (C=O) groups excluding carboxylic acids is 2. The third-order valence-electron chi connectivity index (χ3n) is 3.52. The van der Waals surface area contributed by atoms with Gasteiger partial charge in [0.1, 0.15) is 11.5 Å². The van der Waals surface area contributed by atoms with Crippen molar-refractivity contribution in [2.45, 2.75) is 6.42 Å². The lowest BCUT2D eigenvalue weighted by molar-refractivity contribution is -0.123. The molecule has 0 aromatic heterocycles. The van der Waals surface area contributed by atoms with E-state index in [2.05, 4.69) is 10.6 Å². The Labute approximate surface area is 164 Å². The van der Waals surface area contributed by atoms with Crippen LogP contribution in [0.3, 0.4) is 0 Å². The standard InChI is InChI=1S/C19H23N3O4.ClH/c1-25-11-10-14-2-6-16(7-3-14)26-17-8-4-15(5-9-17)22-19(24)13-21-18(23)12-20;/h2-9H,10-13,20H2,1H3,(H,21,23)(H,22,24);1H. The zero-order valence-corrected chi connectivity index (χ0v) is 15.9. The lowest BCUT2D eigenvalue weighted by Gasteiger charge is -2.09. The topological polar surface area (TPSA) is 103 Å². The second kappa shape index (κ2) is 11.9. The van der Waals surface area contributed by atoms with Crippen LogP contribution in [0.4, 0.5) is 5.69 Å². The smallest absolute Gasteiger partial charge is 0.243 e. The van der Waals surface area contributed by atoms with Crippen LogP contribution in [-0.4, -0.2) is 38.6 Å². The fourth-order valence-corrected chi connectivity index (χ4v) is 2.14. The summed E-state index contributed by atoms with van der Waals surface area (Å²) in [6, 6.07) is 14.8. The van der Waals surface area contributed by atoms with Gasteiger partial charge in [0.15, 0.2) is 0 Å². The number of ether oxygens (including phenoxy) is 2. The molecule has 0 atom stereocenters. The lowest BCUT2D eigenvalue weighted by Crippen LogP contribution is -2.36. The molecule has 7 nitrogen and oxygen atoms in total. The highest BCUT2D eigenvalue weighted by Gasteiger charge is 2.05. The normalized spacial score (nSPS) is 9.85. The average Bonchev–Trinajstić information content (AvgIpc) is 2.67. The van der Waals surface area contributed by atoms with Gasteiger partial charge >= 0.3 is 0 Å². The highest BCUT2D eigenvalue weighted by Crippen LogP contribution is 2.23. The Morgan fingerprint density at radius 2 is 1.56 bits per heavy atom. The molecule has 0 saturated carbocycles. The Balaban J connectivity index is 0.00000364. The molecule has 27 heavy (non-hydrogen) atoms. The van der Waals surface area contributed by atoms with Gasteiger partial charge < -0.3 is 25.8 Å². The van der Waals surface area contributed by atoms with Gasteiger partial charge in [-0.15, -0.1) is 12.4 Å². The van der Waals surface area contributed by atoms with Crippen LogP contribution in [0.15, 0.2) is 48.5 Å². The maximum absolute atomic E-state index is 11.7. The minimum Gasteiger partial charge on any atom is -0.457 e. The molecule has 2 amide bonds. The molecule has 0 radical (unpaired) electrons. The molecule has 0 unspecified atom stereocenters. The monoisotopic (exact) mass is 393 g/mol. The van der Waals surface area contributed by atoms with Crippen LogP contribution in [0.2, 0.25) is 0 Å². The molecule has 2 rings (SSSR count). The molecule has 0 aliphatic heterocycles. The van der Waals surface area contributed by atoms with Crippen molar-refractivity contribution >= 4 is 29.9 Å². The van der Waals surface area contributed by atoms with Crippen LogP contribution in [0.25, 0.3) is 0 Å². The van der Waals surface area contributed by atoms with E-state index < -0.39 is 0 Å². The van der Waals surface area contributed by atoms with Gasteiger partial charge in [-0.3, -0.25) is 9.59 Å². The third-order valence-corrected chi connectivity index (χ3v) is 3.52. The van der Waals surface area contributed by atoms with Crippen molar-refractivity contribution in [1.29, 1.82) is 0 Å².